The number of nitrogens with zero attached hydrogens (tertiary/aromatic N) is 5. The summed E-state index contributed by atoms with van der Waals surface area (Å²) >= 11 is 0. The molecule has 4 heterocycles. The molecule has 0 atom stereocenters. The van der Waals surface area contributed by atoms with Gasteiger partial charge in [0, 0.05) is 32.6 Å². The van der Waals surface area contributed by atoms with Crippen LogP contribution in [-0.4, -0.2) is 45.3 Å². The van der Waals surface area contributed by atoms with Gasteiger partial charge in [0.25, 0.3) is 0 Å². The maximum atomic E-state index is 13.3. The van der Waals surface area contributed by atoms with E-state index in [1.54, 1.807) is 30.7 Å². The first kappa shape index (κ1) is 28.3. The lowest BCUT2D eigenvalue weighted by atomic mass is 10.0. The molecule has 5 rings (SSSR count). The Hall–Kier alpha value is -4.28. The molecule has 0 bridgehead atoms. The zero-order valence-electron chi connectivity index (χ0n) is 23.5. The molecule has 41 heavy (non-hydrogen) atoms. The zero-order valence-corrected chi connectivity index (χ0v) is 24.5. The number of ether oxygens (including phenoxy) is 1. The van der Waals surface area contributed by atoms with E-state index in [1.807, 2.05) is 36.4 Å². The van der Waals surface area contributed by atoms with E-state index in [0.717, 1.165) is 34.1 Å². The van der Waals surface area contributed by atoms with Crippen LogP contribution < -0.4 is 5.32 Å². The van der Waals surface area contributed by atoms with Crippen LogP contribution in [0.4, 0.5) is 10.2 Å². The molecule has 1 aromatic carbocycles. The molecule has 0 unspecified atom stereocenters. The third-order valence-electron chi connectivity index (χ3n) is 7.33. The summed E-state index contributed by atoms with van der Waals surface area (Å²) in [5.74, 6) is -0.183. The van der Waals surface area contributed by atoms with Gasteiger partial charge in [-0.15, -0.1) is 5.10 Å². The van der Waals surface area contributed by atoms with Gasteiger partial charge in [0.2, 0.25) is 5.91 Å². The van der Waals surface area contributed by atoms with Gasteiger partial charge in [-0.3, -0.25) is 9.78 Å². The molecule has 0 saturated carbocycles. The predicted octanol–water partition coefficient (Wildman–Crippen LogP) is 6.58. The number of anilines is 1. The van der Waals surface area contributed by atoms with Gasteiger partial charge in [-0.25, -0.2) is 9.37 Å². The highest BCUT2D eigenvalue weighted by Crippen LogP contribution is 2.39. The SMILES string of the molecule is CC[Si](C)(C)CCOCn1c(-c2ccnc(NC(=O)Cc3ccc(F)cc3)c2)c(-c2ccccn2)c2nnccc21. The summed E-state index contributed by atoms with van der Waals surface area (Å²) in [7, 11) is -1.28. The summed E-state index contributed by atoms with van der Waals surface area (Å²) in [4.78, 5) is 21.8. The van der Waals surface area contributed by atoms with Crippen molar-refractivity contribution in [2.45, 2.75) is 45.3 Å². The second-order valence-electron chi connectivity index (χ2n) is 10.7. The standard InChI is InChI=1S/C31H33FN6O2Si/c1-4-41(2,3)18-17-40-21-38-26-13-16-35-37-30(26)29(25-7-5-6-14-33-25)31(38)23-12-15-34-27(20-23)36-28(39)19-22-8-10-24(32)11-9-22/h5-16,20H,4,17-19,21H2,1-3H3,(H,34,36,39). The molecule has 0 aliphatic rings. The minimum absolute atomic E-state index is 0.104. The number of nitrogens with one attached hydrogen (secondary N) is 1. The van der Waals surface area contributed by atoms with Gasteiger partial charge in [-0.05, 0) is 54.1 Å². The lowest BCUT2D eigenvalue weighted by molar-refractivity contribution is -0.115. The Kier molecular flexibility index (Phi) is 8.60. The minimum atomic E-state index is -1.28. The fraction of sp³-hybridized carbons (Fsp3) is 0.258. The molecule has 10 heteroatoms. The van der Waals surface area contributed by atoms with Crippen molar-refractivity contribution in [3.63, 3.8) is 0 Å². The van der Waals surface area contributed by atoms with E-state index in [1.165, 1.54) is 18.2 Å². The van der Waals surface area contributed by atoms with Crippen molar-refractivity contribution >= 4 is 30.8 Å². The Balaban J connectivity index is 1.52. The highest BCUT2D eigenvalue weighted by Gasteiger charge is 2.23. The molecule has 0 radical (unpaired) electrons. The average Bonchev–Trinajstić information content (AvgIpc) is 3.31. The summed E-state index contributed by atoms with van der Waals surface area (Å²) in [5, 5.41) is 11.5. The predicted molar refractivity (Wildman–Crippen MR) is 161 cm³/mol. The molecule has 210 valence electrons. The van der Waals surface area contributed by atoms with Crippen LogP contribution in [0.5, 0.6) is 0 Å². The third-order valence-corrected chi connectivity index (χ3v) is 10.8. The number of hydrogen-bond acceptors (Lipinski definition) is 6. The number of hydrogen-bond donors (Lipinski definition) is 1. The number of carbonyl (C=O) groups excluding carboxylic acids is 1. The normalized spacial score (nSPS) is 11.6. The summed E-state index contributed by atoms with van der Waals surface area (Å²) in [6.45, 7) is 8.01. The van der Waals surface area contributed by atoms with Gasteiger partial charge in [0.05, 0.1) is 35.1 Å². The Morgan fingerprint density at radius 2 is 1.85 bits per heavy atom. The van der Waals surface area contributed by atoms with E-state index < -0.39 is 8.07 Å². The molecule has 0 aliphatic heterocycles. The van der Waals surface area contributed by atoms with Gasteiger partial charge < -0.3 is 14.6 Å². The summed E-state index contributed by atoms with van der Waals surface area (Å²) in [6, 6.07) is 19.6. The van der Waals surface area contributed by atoms with Crippen molar-refractivity contribution in [2.24, 2.45) is 0 Å². The number of aromatic nitrogens is 5. The van der Waals surface area contributed by atoms with Gasteiger partial charge in [-0.2, -0.15) is 5.10 Å². The smallest absolute Gasteiger partial charge is 0.229 e. The Bertz CT molecular complexity index is 1640. The van der Waals surface area contributed by atoms with Crippen LogP contribution in [0.25, 0.3) is 33.5 Å². The van der Waals surface area contributed by atoms with Crippen LogP contribution in [0, 0.1) is 5.82 Å². The molecule has 1 N–H and O–H groups in total. The van der Waals surface area contributed by atoms with E-state index in [0.29, 0.717) is 30.2 Å². The molecule has 0 fully saturated rings. The number of rotatable bonds is 11. The summed E-state index contributed by atoms with van der Waals surface area (Å²) in [6.07, 6.45) is 5.19. The van der Waals surface area contributed by atoms with Crippen molar-refractivity contribution in [2.75, 3.05) is 11.9 Å². The van der Waals surface area contributed by atoms with Crippen LogP contribution in [0.3, 0.4) is 0 Å². The maximum Gasteiger partial charge on any atom is 0.229 e. The molecule has 0 spiro atoms. The lowest BCUT2D eigenvalue weighted by Gasteiger charge is -2.20. The van der Waals surface area contributed by atoms with E-state index in [4.69, 9.17) is 4.74 Å². The second kappa shape index (κ2) is 12.5. The van der Waals surface area contributed by atoms with Gasteiger partial charge in [-0.1, -0.05) is 44.3 Å². The number of amides is 1. The van der Waals surface area contributed by atoms with E-state index in [-0.39, 0.29) is 18.1 Å². The molecular formula is C31H33FN6O2Si. The number of carbonyl (C=O) groups is 1. The van der Waals surface area contributed by atoms with E-state index in [9.17, 15) is 9.18 Å². The first-order valence-corrected chi connectivity index (χ1v) is 17.1. The first-order valence-electron chi connectivity index (χ1n) is 13.7. The number of benzene rings is 1. The molecule has 0 aliphatic carbocycles. The van der Waals surface area contributed by atoms with Gasteiger partial charge >= 0.3 is 0 Å². The monoisotopic (exact) mass is 568 g/mol. The Labute approximate surface area is 239 Å². The van der Waals surface area contributed by atoms with Crippen LogP contribution in [0.1, 0.15) is 12.5 Å². The largest absolute Gasteiger partial charge is 0.361 e. The van der Waals surface area contributed by atoms with Gasteiger partial charge in [0.1, 0.15) is 23.9 Å². The summed E-state index contributed by atoms with van der Waals surface area (Å²) in [5.41, 5.74) is 5.56. The van der Waals surface area contributed by atoms with Crippen LogP contribution in [0.2, 0.25) is 25.2 Å². The second-order valence-corrected chi connectivity index (χ2v) is 16.3. The fourth-order valence-electron chi connectivity index (χ4n) is 4.58. The molecule has 5 aromatic rings. The van der Waals surface area contributed by atoms with Crippen molar-refractivity contribution in [1.29, 1.82) is 0 Å². The Morgan fingerprint density at radius 1 is 1.02 bits per heavy atom. The zero-order chi connectivity index (χ0) is 28.8. The average molecular weight is 569 g/mol. The number of halogens is 1. The van der Waals surface area contributed by atoms with Gasteiger partial charge in [0.15, 0.2) is 0 Å². The van der Waals surface area contributed by atoms with Crippen molar-refractivity contribution < 1.29 is 13.9 Å². The lowest BCUT2D eigenvalue weighted by Crippen LogP contribution is -2.25. The number of fused-ring (bicyclic) bond motifs is 1. The molecular weight excluding hydrogens is 535 g/mol. The fourth-order valence-corrected chi connectivity index (χ4v) is 5.63. The summed E-state index contributed by atoms with van der Waals surface area (Å²) < 4.78 is 21.6. The number of pyridine rings is 2. The van der Waals surface area contributed by atoms with Crippen molar-refractivity contribution in [3.05, 3.63) is 90.6 Å². The van der Waals surface area contributed by atoms with Crippen LogP contribution >= 0.6 is 0 Å². The van der Waals surface area contributed by atoms with Crippen LogP contribution in [-0.2, 0) is 22.7 Å². The quantitative estimate of drug-likeness (QED) is 0.143. The molecule has 1 amide bonds. The van der Waals surface area contributed by atoms with Crippen molar-refractivity contribution in [3.8, 4) is 22.5 Å². The van der Waals surface area contributed by atoms with E-state index in [2.05, 4.69) is 50.1 Å². The first-order chi connectivity index (χ1) is 19.8. The molecule has 4 aromatic heterocycles. The minimum Gasteiger partial charge on any atom is -0.361 e. The third kappa shape index (κ3) is 6.72. The van der Waals surface area contributed by atoms with E-state index >= 15 is 0 Å². The molecule has 8 nitrogen and oxygen atoms in total. The van der Waals surface area contributed by atoms with Crippen LogP contribution in [0.15, 0.2) is 79.3 Å². The topological polar surface area (TPSA) is 94.8 Å². The molecule has 0 saturated heterocycles. The Morgan fingerprint density at radius 3 is 2.61 bits per heavy atom. The highest BCUT2D eigenvalue weighted by molar-refractivity contribution is 6.77. The highest BCUT2D eigenvalue weighted by atomic mass is 28.3. The maximum absolute atomic E-state index is 13.3. The van der Waals surface area contributed by atoms with Crippen molar-refractivity contribution in [1.82, 2.24) is 24.7 Å².